The van der Waals surface area contributed by atoms with Crippen LogP contribution in [0.25, 0.3) is 0 Å². The van der Waals surface area contributed by atoms with Gasteiger partial charge in [-0.05, 0) is 12.8 Å². The van der Waals surface area contributed by atoms with Crippen molar-refractivity contribution in [3.8, 4) is 0 Å². The van der Waals surface area contributed by atoms with E-state index in [1.165, 1.54) is 0 Å². The number of Topliss-reactive ketones (excluding diaryl/α,β-unsaturated/α-hetero) is 2. The van der Waals surface area contributed by atoms with E-state index in [9.17, 15) is 19.2 Å². The van der Waals surface area contributed by atoms with E-state index in [-0.39, 0.29) is 30.3 Å². The molecule has 21 heavy (non-hydrogen) atoms. The Bertz CT molecular complexity index is 649. The molecule has 1 aromatic rings. The molecular formula is C16H15NO4. The molecule has 3 rings (SSSR count). The summed E-state index contributed by atoms with van der Waals surface area (Å²) in [6.07, 6.45) is 1.23. The zero-order valence-corrected chi connectivity index (χ0v) is 11.4. The van der Waals surface area contributed by atoms with Crippen molar-refractivity contribution in [2.45, 2.75) is 25.7 Å². The van der Waals surface area contributed by atoms with Gasteiger partial charge in [0.1, 0.15) is 0 Å². The van der Waals surface area contributed by atoms with E-state index in [1.54, 1.807) is 24.3 Å². The molecular weight excluding hydrogens is 270 g/mol. The topological polar surface area (TPSA) is 80.3 Å². The third-order valence-corrected chi connectivity index (χ3v) is 4.28. The lowest BCUT2D eigenvalue weighted by molar-refractivity contribution is -0.137. The summed E-state index contributed by atoms with van der Waals surface area (Å²) in [5.74, 6) is -1.95. The number of amides is 2. The van der Waals surface area contributed by atoms with Crippen molar-refractivity contribution in [1.82, 2.24) is 5.32 Å². The Morgan fingerprint density at radius 1 is 0.857 bits per heavy atom. The minimum absolute atomic E-state index is 0.0613. The van der Waals surface area contributed by atoms with Crippen molar-refractivity contribution in [3.05, 3.63) is 35.4 Å². The summed E-state index contributed by atoms with van der Waals surface area (Å²) in [7, 11) is 0. The van der Waals surface area contributed by atoms with Gasteiger partial charge < -0.3 is 0 Å². The monoisotopic (exact) mass is 285 g/mol. The molecule has 0 radical (unpaired) electrons. The quantitative estimate of drug-likeness (QED) is 0.626. The van der Waals surface area contributed by atoms with Crippen LogP contribution in [-0.4, -0.2) is 23.4 Å². The highest BCUT2D eigenvalue weighted by molar-refractivity contribution is 6.12. The Morgan fingerprint density at radius 2 is 1.52 bits per heavy atom. The van der Waals surface area contributed by atoms with E-state index in [2.05, 4.69) is 5.32 Å². The minimum Gasteiger partial charge on any atom is -0.296 e. The predicted octanol–water partition coefficient (Wildman–Crippen LogP) is 1.51. The highest BCUT2D eigenvalue weighted by Gasteiger charge is 2.40. The number of rotatable bonds is 1. The molecule has 2 unspecified atom stereocenters. The minimum atomic E-state index is -0.523. The van der Waals surface area contributed by atoms with Crippen molar-refractivity contribution in [2.24, 2.45) is 11.8 Å². The Balaban J connectivity index is 1.95. The van der Waals surface area contributed by atoms with Crippen molar-refractivity contribution >= 4 is 23.4 Å². The van der Waals surface area contributed by atoms with Gasteiger partial charge >= 0.3 is 0 Å². The number of nitrogens with one attached hydrogen (secondary N) is 1. The standard InChI is InChI=1S/C16H15NO4/c18-13-7-5-11(12-6-8-14(19)17-16(12)21)15(20)10-4-2-1-3-9(10)13/h1-4,11-12H,5-8H2,(H,17,19,21). The van der Waals surface area contributed by atoms with E-state index in [4.69, 9.17) is 0 Å². The number of hydrogen-bond acceptors (Lipinski definition) is 4. The van der Waals surface area contributed by atoms with Crippen LogP contribution in [0.1, 0.15) is 46.4 Å². The first-order valence-electron chi connectivity index (χ1n) is 7.08. The number of benzene rings is 1. The Morgan fingerprint density at radius 3 is 2.24 bits per heavy atom. The highest BCUT2D eigenvalue weighted by Crippen LogP contribution is 2.33. The van der Waals surface area contributed by atoms with E-state index in [1.807, 2.05) is 0 Å². The maximum atomic E-state index is 12.7. The molecule has 1 aliphatic carbocycles. The van der Waals surface area contributed by atoms with E-state index in [0.717, 1.165) is 0 Å². The van der Waals surface area contributed by atoms with Gasteiger partial charge in [-0.3, -0.25) is 24.5 Å². The molecule has 0 spiro atoms. The molecule has 5 nitrogen and oxygen atoms in total. The summed E-state index contributed by atoms with van der Waals surface area (Å²) in [6.45, 7) is 0. The van der Waals surface area contributed by atoms with Gasteiger partial charge in [-0.25, -0.2) is 0 Å². The molecule has 2 aliphatic rings. The molecule has 1 aromatic carbocycles. The molecule has 108 valence electrons. The molecule has 0 saturated carbocycles. The van der Waals surface area contributed by atoms with Gasteiger partial charge in [0.25, 0.3) is 0 Å². The average Bonchev–Trinajstić information content (AvgIpc) is 2.59. The first-order chi connectivity index (χ1) is 10.1. The molecule has 1 saturated heterocycles. The maximum Gasteiger partial charge on any atom is 0.230 e. The maximum absolute atomic E-state index is 12.7. The molecule has 2 atom stereocenters. The van der Waals surface area contributed by atoms with Gasteiger partial charge in [0.2, 0.25) is 11.8 Å². The van der Waals surface area contributed by atoms with Gasteiger partial charge in [0.05, 0.1) is 0 Å². The second-order valence-electron chi connectivity index (χ2n) is 5.54. The number of imide groups is 1. The van der Waals surface area contributed by atoms with Crippen LogP contribution in [0.3, 0.4) is 0 Å². The molecule has 0 bridgehead atoms. The summed E-state index contributed by atoms with van der Waals surface area (Å²) < 4.78 is 0. The van der Waals surface area contributed by atoms with E-state index in [0.29, 0.717) is 24.0 Å². The van der Waals surface area contributed by atoms with Crippen LogP contribution >= 0.6 is 0 Å². The fraction of sp³-hybridized carbons (Fsp3) is 0.375. The SMILES string of the molecule is O=C1CCC(C2CCC(=O)c3ccccc3C2=O)C(=O)N1. The average molecular weight is 285 g/mol. The van der Waals surface area contributed by atoms with Crippen LogP contribution < -0.4 is 5.32 Å². The first-order valence-corrected chi connectivity index (χ1v) is 7.08. The van der Waals surface area contributed by atoms with Crippen molar-refractivity contribution in [2.75, 3.05) is 0 Å². The van der Waals surface area contributed by atoms with Gasteiger partial charge in [0.15, 0.2) is 11.6 Å². The predicted molar refractivity (Wildman–Crippen MR) is 73.7 cm³/mol. The van der Waals surface area contributed by atoms with Gasteiger partial charge in [-0.1, -0.05) is 24.3 Å². The van der Waals surface area contributed by atoms with Crippen LogP contribution in [0, 0.1) is 11.8 Å². The zero-order valence-electron chi connectivity index (χ0n) is 11.4. The molecule has 2 amide bonds. The lowest BCUT2D eigenvalue weighted by atomic mass is 9.79. The summed E-state index contributed by atoms with van der Waals surface area (Å²) in [4.78, 5) is 48.0. The third kappa shape index (κ3) is 2.39. The zero-order chi connectivity index (χ0) is 15.0. The van der Waals surface area contributed by atoms with Crippen molar-refractivity contribution < 1.29 is 19.2 Å². The molecule has 1 N–H and O–H groups in total. The Hall–Kier alpha value is -2.30. The number of carbonyl (C=O) groups excluding carboxylic acids is 4. The second-order valence-corrected chi connectivity index (χ2v) is 5.54. The molecule has 1 heterocycles. The smallest absolute Gasteiger partial charge is 0.230 e. The summed E-state index contributed by atoms with van der Waals surface area (Å²) >= 11 is 0. The van der Waals surface area contributed by atoms with Crippen LogP contribution in [0.2, 0.25) is 0 Å². The fourth-order valence-electron chi connectivity index (χ4n) is 3.17. The molecule has 0 aromatic heterocycles. The normalized spacial score (nSPS) is 26.1. The van der Waals surface area contributed by atoms with Crippen LogP contribution in [0.4, 0.5) is 0 Å². The Labute approximate surface area is 121 Å². The van der Waals surface area contributed by atoms with Crippen LogP contribution in [0.15, 0.2) is 24.3 Å². The summed E-state index contributed by atoms with van der Waals surface area (Å²) in [5.41, 5.74) is 0.840. The molecule has 1 fully saturated rings. The van der Waals surface area contributed by atoms with Gasteiger partial charge in [-0.2, -0.15) is 0 Å². The largest absolute Gasteiger partial charge is 0.296 e. The summed E-state index contributed by atoms with van der Waals surface area (Å²) in [5, 5.41) is 2.29. The number of hydrogen-bond donors (Lipinski definition) is 1. The number of piperidine rings is 1. The number of fused-ring (bicyclic) bond motifs is 1. The fourth-order valence-corrected chi connectivity index (χ4v) is 3.17. The van der Waals surface area contributed by atoms with Crippen molar-refractivity contribution in [1.29, 1.82) is 0 Å². The lowest BCUT2D eigenvalue weighted by Crippen LogP contribution is -2.45. The Kier molecular flexibility index (Phi) is 3.41. The molecule has 1 aliphatic heterocycles. The van der Waals surface area contributed by atoms with Crippen LogP contribution in [0.5, 0.6) is 0 Å². The lowest BCUT2D eigenvalue weighted by Gasteiger charge is -2.27. The highest BCUT2D eigenvalue weighted by atomic mass is 16.2. The van der Waals surface area contributed by atoms with Crippen LogP contribution in [-0.2, 0) is 9.59 Å². The summed E-state index contributed by atoms with van der Waals surface area (Å²) in [6, 6.07) is 6.75. The molecule has 5 heteroatoms. The van der Waals surface area contributed by atoms with Gasteiger partial charge in [-0.15, -0.1) is 0 Å². The number of carbonyl (C=O) groups is 4. The van der Waals surface area contributed by atoms with Gasteiger partial charge in [0, 0.05) is 35.8 Å². The first kappa shape index (κ1) is 13.7. The number of ketones is 2. The third-order valence-electron chi connectivity index (χ3n) is 4.28. The van der Waals surface area contributed by atoms with Crippen molar-refractivity contribution in [3.63, 3.8) is 0 Å². The second kappa shape index (κ2) is 5.24. The van der Waals surface area contributed by atoms with E-state index < -0.39 is 17.7 Å². The van der Waals surface area contributed by atoms with E-state index >= 15 is 0 Å².